The molecule has 0 saturated heterocycles. The smallest absolute Gasteiger partial charge is 0.271 e. The Labute approximate surface area is 226 Å². The topological polar surface area (TPSA) is 82.4 Å². The van der Waals surface area contributed by atoms with Crippen LogP contribution in [0.15, 0.2) is 57.5 Å². The number of aromatic nitrogens is 1. The molecule has 0 radical (unpaired) electrons. The highest BCUT2D eigenvalue weighted by atomic mass is 32.1. The van der Waals surface area contributed by atoms with E-state index < -0.39 is 6.04 Å². The molecule has 1 aliphatic heterocycles. The summed E-state index contributed by atoms with van der Waals surface area (Å²) in [4.78, 5) is 34.1. The third-order valence-electron chi connectivity index (χ3n) is 6.77. The molecule has 38 heavy (non-hydrogen) atoms. The van der Waals surface area contributed by atoms with Crippen LogP contribution in [0.2, 0.25) is 0 Å². The maximum absolute atomic E-state index is 13.9. The molecule has 8 nitrogen and oxygen atoms in total. The first-order valence-corrected chi connectivity index (χ1v) is 13.3. The molecule has 0 amide bonds. The molecule has 0 N–H and O–H groups in total. The van der Waals surface area contributed by atoms with Crippen LogP contribution in [0, 0.1) is 0 Å². The third-order valence-corrected chi connectivity index (χ3v) is 7.75. The Morgan fingerprint density at radius 1 is 1.05 bits per heavy atom. The van der Waals surface area contributed by atoms with E-state index in [4.69, 9.17) is 14.2 Å². The number of ketones is 1. The van der Waals surface area contributed by atoms with E-state index in [-0.39, 0.29) is 11.3 Å². The van der Waals surface area contributed by atoms with E-state index in [1.54, 1.807) is 45.0 Å². The summed E-state index contributed by atoms with van der Waals surface area (Å²) in [5.74, 6) is 1.65. The number of hydrogen-bond donors (Lipinski definition) is 0. The number of carbonyl (C=O) groups is 1. The normalized spacial score (nSPS) is 15.1. The average Bonchev–Trinajstić information content (AvgIpc) is 3.22. The Kier molecular flexibility index (Phi) is 8.06. The molecule has 3 aromatic rings. The highest BCUT2D eigenvalue weighted by Crippen LogP contribution is 2.37. The number of carbonyl (C=O) groups excluding carboxylic acids is 1. The molecule has 1 aromatic heterocycles. The second-order valence-electron chi connectivity index (χ2n) is 8.84. The first-order valence-electron chi connectivity index (χ1n) is 12.5. The Morgan fingerprint density at radius 2 is 1.76 bits per heavy atom. The Hall–Kier alpha value is -3.85. The number of allylic oxidation sites excluding steroid dienone is 2. The summed E-state index contributed by atoms with van der Waals surface area (Å²) in [5, 5.41) is 0. The summed E-state index contributed by atoms with van der Waals surface area (Å²) >= 11 is 1.28. The van der Waals surface area contributed by atoms with Gasteiger partial charge in [-0.2, -0.15) is 0 Å². The van der Waals surface area contributed by atoms with Gasteiger partial charge < -0.3 is 19.1 Å². The predicted octanol–water partition coefficient (Wildman–Crippen LogP) is 3.70. The van der Waals surface area contributed by atoms with Gasteiger partial charge in [0.05, 0.1) is 31.9 Å². The number of hydrogen-bond acceptors (Lipinski definition) is 8. The van der Waals surface area contributed by atoms with Crippen molar-refractivity contribution in [2.45, 2.75) is 33.7 Å². The van der Waals surface area contributed by atoms with Gasteiger partial charge in [-0.1, -0.05) is 11.3 Å². The SMILES string of the molecule is CCN(CC)c1ccc(C=c2sc3n(c2=O)[C@H](c2ccc(OC)cc2OC)C(C(C)=O)=C(C)N=3)c(OC)c1. The number of ether oxygens (including phenoxy) is 3. The maximum atomic E-state index is 13.9. The minimum absolute atomic E-state index is 0.155. The van der Waals surface area contributed by atoms with Crippen LogP contribution in [-0.2, 0) is 4.79 Å². The average molecular weight is 536 g/mol. The van der Waals surface area contributed by atoms with Gasteiger partial charge in [0.2, 0.25) is 0 Å². The summed E-state index contributed by atoms with van der Waals surface area (Å²) in [6, 6.07) is 10.7. The van der Waals surface area contributed by atoms with Crippen LogP contribution in [0.25, 0.3) is 6.08 Å². The number of fused-ring (bicyclic) bond motifs is 1. The minimum Gasteiger partial charge on any atom is -0.497 e. The second kappa shape index (κ2) is 11.3. The fourth-order valence-corrected chi connectivity index (χ4v) is 5.89. The quantitative estimate of drug-likeness (QED) is 0.416. The first kappa shape index (κ1) is 27.2. The molecule has 2 heterocycles. The molecule has 200 valence electrons. The number of Topliss-reactive ketones (excluding diaryl/α,β-unsaturated/α-hetero) is 1. The van der Waals surface area contributed by atoms with E-state index in [2.05, 4.69) is 23.7 Å². The lowest BCUT2D eigenvalue weighted by molar-refractivity contribution is -0.114. The van der Waals surface area contributed by atoms with Crippen LogP contribution in [0.5, 0.6) is 17.2 Å². The molecular formula is C29H33N3O5S. The Morgan fingerprint density at radius 3 is 2.37 bits per heavy atom. The Balaban J connectivity index is 1.94. The lowest BCUT2D eigenvalue weighted by atomic mass is 9.92. The number of anilines is 1. The molecule has 2 aromatic carbocycles. The first-order chi connectivity index (χ1) is 18.3. The number of thiazole rings is 1. The van der Waals surface area contributed by atoms with Gasteiger partial charge in [-0.25, -0.2) is 4.99 Å². The highest BCUT2D eigenvalue weighted by molar-refractivity contribution is 7.07. The monoisotopic (exact) mass is 535 g/mol. The predicted molar refractivity (Wildman–Crippen MR) is 151 cm³/mol. The van der Waals surface area contributed by atoms with Crippen molar-refractivity contribution < 1.29 is 19.0 Å². The summed E-state index contributed by atoms with van der Waals surface area (Å²) in [5.41, 5.74) is 3.32. The largest absolute Gasteiger partial charge is 0.497 e. The van der Waals surface area contributed by atoms with Crippen molar-refractivity contribution in [3.8, 4) is 17.2 Å². The number of rotatable bonds is 9. The van der Waals surface area contributed by atoms with Crippen LogP contribution in [0.4, 0.5) is 5.69 Å². The zero-order valence-electron chi connectivity index (χ0n) is 22.8. The van der Waals surface area contributed by atoms with Crippen molar-refractivity contribution in [2.75, 3.05) is 39.3 Å². The van der Waals surface area contributed by atoms with Crippen LogP contribution in [-0.4, -0.2) is 44.8 Å². The molecule has 0 spiro atoms. The van der Waals surface area contributed by atoms with E-state index >= 15 is 0 Å². The summed E-state index contributed by atoms with van der Waals surface area (Å²) in [6.07, 6.45) is 1.82. The third kappa shape index (κ3) is 4.86. The zero-order valence-corrected chi connectivity index (χ0v) is 23.6. The van der Waals surface area contributed by atoms with Crippen LogP contribution < -0.4 is 34.0 Å². The van der Waals surface area contributed by atoms with E-state index in [1.807, 2.05) is 30.3 Å². The van der Waals surface area contributed by atoms with E-state index in [9.17, 15) is 9.59 Å². The molecule has 1 atom stereocenters. The number of methoxy groups -OCH3 is 3. The van der Waals surface area contributed by atoms with Gasteiger partial charge >= 0.3 is 0 Å². The summed E-state index contributed by atoms with van der Waals surface area (Å²) in [7, 11) is 4.75. The van der Waals surface area contributed by atoms with Gasteiger partial charge in [-0.15, -0.1) is 0 Å². The molecule has 4 rings (SSSR count). The number of nitrogens with zero attached hydrogens (tertiary/aromatic N) is 3. The molecule has 0 bridgehead atoms. The van der Waals surface area contributed by atoms with Gasteiger partial charge in [0.1, 0.15) is 17.2 Å². The standard InChI is InChI=1S/C29H33N3O5S/c1-8-31(9-2)20-11-10-19(23(15-20)36-6)14-25-28(34)32-27(22-13-12-21(35-5)16-24(22)37-7)26(18(4)33)17(3)30-29(32)38-25/h10-16,27H,8-9H2,1-7H3/t27-/m1/s1. The molecule has 1 aliphatic rings. The van der Waals surface area contributed by atoms with Gasteiger partial charge in [0.25, 0.3) is 5.56 Å². The summed E-state index contributed by atoms with van der Waals surface area (Å²) in [6.45, 7) is 9.27. The fourth-order valence-electron chi connectivity index (χ4n) is 4.85. The van der Waals surface area contributed by atoms with Gasteiger partial charge in [-0.05, 0) is 58.0 Å². The van der Waals surface area contributed by atoms with Gasteiger partial charge in [-0.3, -0.25) is 14.2 Å². The van der Waals surface area contributed by atoms with Crippen molar-refractivity contribution >= 4 is 28.9 Å². The molecule has 9 heteroatoms. The summed E-state index contributed by atoms with van der Waals surface area (Å²) < 4.78 is 18.8. The highest BCUT2D eigenvalue weighted by Gasteiger charge is 2.32. The van der Waals surface area contributed by atoms with Crippen LogP contribution in [0.3, 0.4) is 0 Å². The van der Waals surface area contributed by atoms with E-state index in [0.29, 0.717) is 43.4 Å². The van der Waals surface area contributed by atoms with Gasteiger partial charge in [0.15, 0.2) is 10.6 Å². The van der Waals surface area contributed by atoms with E-state index in [1.165, 1.54) is 18.3 Å². The lowest BCUT2D eigenvalue weighted by Gasteiger charge is -2.26. The minimum atomic E-state index is -0.682. The van der Waals surface area contributed by atoms with Crippen molar-refractivity contribution in [3.05, 3.63) is 78.5 Å². The van der Waals surface area contributed by atoms with Crippen molar-refractivity contribution in [3.63, 3.8) is 0 Å². The van der Waals surface area contributed by atoms with E-state index in [0.717, 1.165) is 24.3 Å². The van der Waals surface area contributed by atoms with Crippen molar-refractivity contribution in [1.82, 2.24) is 4.57 Å². The molecule has 0 saturated carbocycles. The van der Waals surface area contributed by atoms with Gasteiger partial charge in [0, 0.05) is 53.3 Å². The maximum Gasteiger partial charge on any atom is 0.271 e. The molecular weight excluding hydrogens is 502 g/mol. The van der Waals surface area contributed by atoms with Crippen LogP contribution in [0.1, 0.15) is 44.9 Å². The fraction of sp³-hybridized carbons (Fsp3) is 0.345. The molecule has 0 aliphatic carbocycles. The molecule has 0 unspecified atom stereocenters. The second-order valence-corrected chi connectivity index (χ2v) is 9.85. The Bertz CT molecular complexity index is 1580. The van der Waals surface area contributed by atoms with Crippen LogP contribution >= 0.6 is 11.3 Å². The zero-order chi connectivity index (χ0) is 27.6. The van der Waals surface area contributed by atoms with Crippen molar-refractivity contribution in [1.29, 1.82) is 0 Å². The number of benzene rings is 2. The van der Waals surface area contributed by atoms with Crippen molar-refractivity contribution in [2.24, 2.45) is 4.99 Å². The lowest BCUT2D eigenvalue weighted by Crippen LogP contribution is -2.39. The molecule has 0 fully saturated rings.